The van der Waals surface area contributed by atoms with Gasteiger partial charge in [-0.2, -0.15) is 0 Å². The lowest BCUT2D eigenvalue weighted by atomic mass is 9.98. The van der Waals surface area contributed by atoms with E-state index in [1.54, 1.807) is 12.1 Å². The highest BCUT2D eigenvalue weighted by Crippen LogP contribution is 2.32. The Morgan fingerprint density at radius 1 is 1.24 bits per heavy atom. The van der Waals surface area contributed by atoms with E-state index >= 15 is 0 Å². The summed E-state index contributed by atoms with van der Waals surface area (Å²) in [5.41, 5.74) is 9.25. The summed E-state index contributed by atoms with van der Waals surface area (Å²) in [7, 11) is 0. The van der Waals surface area contributed by atoms with Crippen LogP contribution in [0.3, 0.4) is 0 Å². The molecule has 2 aromatic rings. The van der Waals surface area contributed by atoms with E-state index in [-0.39, 0.29) is 5.56 Å². The van der Waals surface area contributed by atoms with Crippen molar-refractivity contribution >= 4 is 23.0 Å². The number of carbonyl (C=O) groups is 1. The van der Waals surface area contributed by atoms with E-state index in [0.29, 0.717) is 11.4 Å². The number of aryl methyl sites for hydroxylation is 1. The summed E-state index contributed by atoms with van der Waals surface area (Å²) in [6.45, 7) is 6.28. The first-order valence-electron chi connectivity index (χ1n) is 8.66. The number of nitrogens with two attached hydrogens (primary N) is 1. The highest BCUT2D eigenvalue weighted by atomic mass is 19.1. The smallest absolute Gasteiger partial charge is 0.258 e. The molecule has 0 aromatic heterocycles. The lowest BCUT2D eigenvalue weighted by molar-refractivity contribution is 0.102. The number of halogens is 1. The number of nitrogens with zero attached hydrogens (tertiary/aromatic N) is 1. The van der Waals surface area contributed by atoms with Gasteiger partial charge in [0.15, 0.2) is 0 Å². The zero-order valence-electron chi connectivity index (χ0n) is 14.7. The Kier molecular flexibility index (Phi) is 4.93. The van der Waals surface area contributed by atoms with Crippen molar-refractivity contribution in [3.63, 3.8) is 0 Å². The SMILES string of the molecule is Cc1cc(N)c(NC(=O)c2ccccc2F)cc1N1CCC(C)CC1. The molecule has 5 heteroatoms. The van der Waals surface area contributed by atoms with E-state index in [0.717, 1.165) is 43.1 Å². The normalized spacial score (nSPS) is 15.2. The Morgan fingerprint density at radius 2 is 1.92 bits per heavy atom. The van der Waals surface area contributed by atoms with E-state index in [4.69, 9.17) is 5.73 Å². The summed E-state index contributed by atoms with van der Waals surface area (Å²) >= 11 is 0. The van der Waals surface area contributed by atoms with Crippen LogP contribution in [0.4, 0.5) is 21.5 Å². The molecule has 1 fully saturated rings. The maximum absolute atomic E-state index is 13.8. The zero-order valence-corrected chi connectivity index (χ0v) is 14.7. The number of hydrogen-bond donors (Lipinski definition) is 2. The molecule has 0 radical (unpaired) electrons. The lowest BCUT2D eigenvalue weighted by Gasteiger charge is -2.33. The molecule has 0 unspecified atom stereocenters. The van der Waals surface area contributed by atoms with Gasteiger partial charge < -0.3 is 16.0 Å². The first-order chi connectivity index (χ1) is 12.0. The van der Waals surface area contributed by atoms with Gasteiger partial charge in [-0.25, -0.2) is 4.39 Å². The second-order valence-electron chi connectivity index (χ2n) is 6.83. The molecule has 0 aliphatic carbocycles. The van der Waals surface area contributed by atoms with Gasteiger partial charge in [-0.05, 0) is 55.5 Å². The largest absolute Gasteiger partial charge is 0.397 e. The average Bonchev–Trinajstić information content (AvgIpc) is 2.58. The minimum absolute atomic E-state index is 0.0100. The maximum Gasteiger partial charge on any atom is 0.258 e. The topological polar surface area (TPSA) is 58.4 Å². The highest BCUT2D eigenvalue weighted by molar-refractivity contribution is 6.06. The molecule has 1 aliphatic heterocycles. The number of nitrogens with one attached hydrogen (secondary N) is 1. The van der Waals surface area contributed by atoms with Crippen LogP contribution in [0.1, 0.15) is 35.7 Å². The van der Waals surface area contributed by atoms with Gasteiger partial charge in [0.1, 0.15) is 5.82 Å². The summed E-state index contributed by atoms with van der Waals surface area (Å²) in [6, 6.07) is 9.69. The number of rotatable bonds is 3. The maximum atomic E-state index is 13.8. The van der Waals surface area contributed by atoms with Gasteiger partial charge in [-0.1, -0.05) is 19.1 Å². The third kappa shape index (κ3) is 3.76. The van der Waals surface area contributed by atoms with Crippen LogP contribution < -0.4 is 16.0 Å². The van der Waals surface area contributed by atoms with Crippen LogP contribution in [-0.4, -0.2) is 19.0 Å². The van der Waals surface area contributed by atoms with Gasteiger partial charge in [0.2, 0.25) is 0 Å². The number of nitrogen functional groups attached to an aromatic ring is 1. The number of anilines is 3. The van der Waals surface area contributed by atoms with Crippen LogP contribution in [-0.2, 0) is 0 Å². The van der Waals surface area contributed by atoms with Gasteiger partial charge in [-0.15, -0.1) is 0 Å². The number of benzene rings is 2. The Balaban J connectivity index is 1.85. The van der Waals surface area contributed by atoms with Crippen LogP contribution in [0.15, 0.2) is 36.4 Å². The van der Waals surface area contributed by atoms with Gasteiger partial charge in [0.25, 0.3) is 5.91 Å². The van der Waals surface area contributed by atoms with Crippen molar-refractivity contribution in [1.29, 1.82) is 0 Å². The highest BCUT2D eigenvalue weighted by Gasteiger charge is 2.19. The van der Waals surface area contributed by atoms with Crippen molar-refractivity contribution in [1.82, 2.24) is 0 Å². The van der Waals surface area contributed by atoms with E-state index in [9.17, 15) is 9.18 Å². The van der Waals surface area contributed by atoms with Crippen LogP contribution in [0, 0.1) is 18.7 Å². The Bertz CT molecular complexity index is 783. The van der Waals surface area contributed by atoms with Crippen LogP contribution >= 0.6 is 0 Å². The summed E-state index contributed by atoms with van der Waals surface area (Å²) < 4.78 is 13.8. The third-order valence-electron chi connectivity index (χ3n) is 4.86. The molecule has 1 amide bonds. The van der Waals surface area contributed by atoms with E-state index in [1.807, 2.05) is 19.1 Å². The average molecular weight is 341 g/mol. The summed E-state index contributed by atoms with van der Waals surface area (Å²) in [5, 5.41) is 2.75. The summed E-state index contributed by atoms with van der Waals surface area (Å²) in [4.78, 5) is 14.7. The molecule has 0 saturated carbocycles. The van der Waals surface area contributed by atoms with Crippen molar-refractivity contribution in [3.05, 3.63) is 53.3 Å². The number of hydrogen-bond acceptors (Lipinski definition) is 3. The first kappa shape index (κ1) is 17.3. The molecule has 2 aromatic carbocycles. The predicted molar refractivity (Wildman–Crippen MR) is 101 cm³/mol. The fraction of sp³-hybridized carbons (Fsp3) is 0.350. The van der Waals surface area contributed by atoms with E-state index in [1.165, 1.54) is 12.1 Å². The predicted octanol–water partition coefficient (Wildman–Crippen LogP) is 4.20. The van der Waals surface area contributed by atoms with Gasteiger partial charge >= 0.3 is 0 Å². The molecule has 0 bridgehead atoms. The molecular formula is C20H24FN3O. The van der Waals surface area contributed by atoms with Crippen molar-refractivity contribution in [2.45, 2.75) is 26.7 Å². The summed E-state index contributed by atoms with van der Waals surface area (Å²) in [5.74, 6) is -0.298. The molecule has 25 heavy (non-hydrogen) atoms. The Morgan fingerprint density at radius 3 is 2.60 bits per heavy atom. The second-order valence-corrected chi connectivity index (χ2v) is 6.83. The minimum Gasteiger partial charge on any atom is -0.397 e. The standard InChI is InChI=1S/C20H24FN3O/c1-13-7-9-24(10-8-13)19-12-18(17(22)11-14(19)2)23-20(25)15-5-3-4-6-16(15)21/h3-6,11-13H,7-10,22H2,1-2H3,(H,23,25). The number of piperidine rings is 1. The van der Waals surface area contributed by atoms with Crippen molar-refractivity contribution in [2.24, 2.45) is 5.92 Å². The van der Waals surface area contributed by atoms with Crippen LogP contribution in [0.5, 0.6) is 0 Å². The number of carbonyl (C=O) groups excluding carboxylic acids is 1. The summed E-state index contributed by atoms with van der Waals surface area (Å²) in [6.07, 6.45) is 2.31. The Labute approximate surface area is 147 Å². The van der Waals surface area contributed by atoms with E-state index < -0.39 is 11.7 Å². The molecule has 1 aliphatic rings. The molecule has 3 rings (SSSR count). The first-order valence-corrected chi connectivity index (χ1v) is 8.66. The molecule has 132 valence electrons. The Hall–Kier alpha value is -2.56. The lowest BCUT2D eigenvalue weighted by Crippen LogP contribution is -2.33. The molecular weight excluding hydrogens is 317 g/mol. The van der Waals surface area contributed by atoms with Crippen LogP contribution in [0.25, 0.3) is 0 Å². The van der Waals surface area contributed by atoms with Gasteiger partial charge in [0, 0.05) is 18.8 Å². The number of amides is 1. The monoisotopic (exact) mass is 341 g/mol. The minimum atomic E-state index is -0.545. The fourth-order valence-corrected chi connectivity index (χ4v) is 3.25. The van der Waals surface area contributed by atoms with Crippen molar-refractivity contribution in [2.75, 3.05) is 29.0 Å². The third-order valence-corrected chi connectivity index (χ3v) is 4.86. The fourth-order valence-electron chi connectivity index (χ4n) is 3.25. The zero-order chi connectivity index (χ0) is 18.0. The molecule has 0 atom stereocenters. The van der Waals surface area contributed by atoms with Gasteiger partial charge in [-0.3, -0.25) is 4.79 Å². The van der Waals surface area contributed by atoms with Crippen molar-refractivity contribution in [3.8, 4) is 0 Å². The molecule has 1 saturated heterocycles. The molecule has 1 heterocycles. The molecule has 3 N–H and O–H groups in total. The van der Waals surface area contributed by atoms with Crippen LogP contribution in [0.2, 0.25) is 0 Å². The molecule has 0 spiro atoms. The van der Waals surface area contributed by atoms with Crippen molar-refractivity contribution < 1.29 is 9.18 Å². The van der Waals surface area contributed by atoms with E-state index in [2.05, 4.69) is 17.1 Å². The molecule has 4 nitrogen and oxygen atoms in total. The quantitative estimate of drug-likeness (QED) is 0.823. The van der Waals surface area contributed by atoms with Gasteiger partial charge in [0.05, 0.1) is 16.9 Å². The second kappa shape index (κ2) is 7.13.